The van der Waals surface area contributed by atoms with Crippen LogP contribution in [0.1, 0.15) is 43.7 Å². The summed E-state index contributed by atoms with van der Waals surface area (Å²) in [4.78, 5) is 42.2. The van der Waals surface area contributed by atoms with Gasteiger partial charge in [0.15, 0.2) is 0 Å². The molecular weight excluding hydrogens is 550 g/mol. The van der Waals surface area contributed by atoms with Crippen LogP contribution in [0.5, 0.6) is 0 Å². The zero-order valence-corrected chi connectivity index (χ0v) is 22.6. The van der Waals surface area contributed by atoms with Gasteiger partial charge in [0.25, 0.3) is 5.92 Å². The Balaban J connectivity index is 1.56. The highest BCUT2D eigenvalue weighted by atomic mass is 35.5. The number of guanidine groups is 1. The molecule has 40 heavy (non-hydrogen) atoms. The van der Waals surface area contributed by atoms with Crippen LogP contribution in [0.3, 0.4) is 0 Å². The van der Waals surface area contributed by atoms with Crippen LogP contribution >= 0.6 is 11.6 Å². The van der Waals surface area contributed by atoms with Gasteiger partial charge in [0, 0.05) is 26.0 Å². The number of carbonyl (C=O) groups excluding carboxylic acids is 2. The first kappa shape index (κ1) is 29.2. The topological polar surface area (TPSA) is 130 Å². The van der Waals surface area contributed by atoms with Crippen molar-refractivity contribution in [2.75, 3.05) is 12.4 Å². The predicted octanol–water partition coefficient (Wildman–Crippen LogP) is 5.36. The quantitative estimate of drug-likeness (QED) is 0.420. The molecule has 4 rings (SSSR count). The summed E-state index contributed by atoms with van der Waals surface area (Å²) in [5, 5.41) is 15.1. The summed E-state index contributed by atoms with van der Waals surface area (Å²) in [5.74, 6) is -3.89. The zero-order chi connectivity index (χ0) is 29.1. The Hall–Kier alpha value is -3.77. The Kier molecular flexibility index (Phi) is 8.59. The van der Waals surface area contributed by atoms with Crippen LogP contribution in [0.25, 0.3) is 0 Å². The van der Waals surface area contributed by atoms with Gasteiger partial charge in [0.2, 0.25) is 11.9 Å². The van der Waals surface area contributed by atoms with Crippen LogP contribution in [0.4, 0.5) is 24.1 Å². The molecule has 3 N–H and O–H groups in total. The maximum atomic E-state index is 14.2. The molecule has 2 aromatic rings. The highest BCUT2D eigenvalue weighted by Gasteiger charge is 2.50. The number of benzene rings is 2. The van der Waals surface area contributed by atoms with Crippen molar-refractivity contribution in [3.05, 3.63) is 64.7 Å². The van der Waals surface area contributed by atoms with E-state index >= 15 is 0 Å². The third-order valence-electron chi connectivity index (χ3n) is 7.05. The number of hydrogen-bond acceptors (Lipinski definition) is 5. The van der Waals surface area contributed by atoms with E-state index in [4.69, 9.17) is 21.1 Å². The lowest BCUT2D eigenvalue weighted by molar-refractivity contribution is -0.161. The second-order valence-electron chi connectivity index (χ2n) is 9.88. The number of carbonyl (C=O) groups is 3. The number of anilines is 1. The number of hydrogen-bond donors (Lipinski definition) is 3. The number of ether oxygens (including phenoxy) is 2. The average Bonchev–Trinajstić information content (AvgIpc) is 2.89. The summed E-state index contributed by atoms with van der Waals surface area (Å²) in [5.41, 5.74) is 0.141. The molecule has 0 aromatic heterocycles. The summed E-state index contributed by atoms with van der Waals surface area (Å²) in [7, 11) is 1.17. The Labute approximate surface area is 234 Å². The highest BCUT2D eigenvalue weighted by molar-refractivity contribution is 6.34. The van der Waals surface area contributed by atoms with Crippen LogP contribution < -0.4 is 10.6 Å². The molecule has 1 aliphatic heterocycles. The minimum Gasteiger partial charge on any atom is -0.463 e. The second kappa shape index (κ2) is 11.8. The minimum absolute atomic E-state index is 0.0413. The third-order valence-corrected chi connectivity index (χ3v) is 7.46. The third kappa shape index (κ3) is 6.34. The highest BCUT2D eigenvalue weighted by Crippen LogP contribution is 2.41. The molecule has 2 aromatic carbocycles. The summed E-state index contributed by atoms with van der Waals surface area (Å²) in [6, 6.07) is 13.1. The summed E-state index contributed by atoms with van der Waals surface area (Å²) in [6.45, 7) is 1.67. The molecule has 13 heteroatoms. The van der Waals surface area contributed by atoms with Crippen molar-refractivity contribution in [3.8, 4) is 0 Å². The molecule has 1 saturated carbocycles. The average molecular weight is 579 g/mol. The zero-order valence-electron chi connectivity index (χ0n) is 21.8. The molecule has 3 atom stereocenters. The van der Waals surface area contributed by atoms with Crippen LogP contribution in [0, 0.1) is 0 Å². The summed E-state index contributed by atoms with van der Waals surface area (Å²) >= 11 is 6.66. The lowest BCUT2D eigenvalue weighted by atomic mass is 9.83. The summed E-state index contributed by atoms with van der Waals surface area (Å²) < 4.78 is 38.7. The molecule has 2 aliphatic rings. The number of nitrogens with zero attached hydrogens (tertiary/aromatic N) is 2. The number of methoxy groups -OCH3 is 1. The molecule has 0 radical (unpaired) electrons. The van der Waals surface area contributed by atoms with Crippen molar-refractivity contribution in [1.29, 1.82) is 0 Å². The molecule has 3 amide bonds. The van der Waals surface area contributed by atoms with E-state index in [1.807, 2.05) is 18.2 Å². The van der Waals surface area contributed by atoms with Crippen molar-refractivity contribution in [2.24, 2.45) is 4.99 Å². The maximum Gasteiger partial charge on any atom is 0.434 e. The molecule has 2 fully saturated rings. The number of rotatable bonds is 6. The number of alkyl halides is 2. The monoisotopic (exact) mass is 578 g/mol. The van der Waals surface area contributed by atoms with E-state index in [1.165, 1.54) is 7.11 Å². The largest absolute Gasteiger partial charge is 0.463 e. The van der Waals surface area contributed by atoms with Crippen molar-refractivity contribution in [3.63, 3.8) is 0 Å². The second-order valence-corrected chi connectivity index (χ2v) is 10.3. The van der Waals surface area contributed by atoms with Gasteiger partial charge in [-0.05, 0) is 30.5 Å². The van der Waals surface area contributed by atoms with Gasteiger partial charge in [-0.1, -0.05) is 54.1 Å². The number of aliphatic imine (C=N–C) groups is 1. The van der Waals surface area contributed by atoms with Gasteiger partial charge in [-0.25, -0.2) is 18.4 Å². The number of halogens is 3. The molecule has 0 spiro atoms. The van der Waals surface area contributed by atoms with E-state index in [0.29, 0.717) is 5.56 Å². The molecule has 1 saturated heterocycles. The van der Waals surface area contributed by atoms with Crippen LogP contribution in [-0.2, 0) is 26.4 Å². The van der Waals surface area contributed by atoms with E-state index in [9.17, 15) is 28.3 Å². The number of nitrogens with one attached hydrogen (secondary N) is 2. The van der Waals surface area contributed by atoms with Gasteiger partial charge < -0.3 is 19.9 Å². The van der Waals surface area contributed by atoms with E-state index in [1.54, 1.807) is 37.3 Å². The van der Waals surface area contributed by atoms with Gasteiger partial charge >= 0.3 is 12.2 Å². The van der Waals surface area contributed by atoms with Crippen LogP contribution in [0.15, 0.2) is 53.5 Å². The molecule has 10 nitrogen and oxygen atoms in total. The number of amides is 3. The number of carboxylic acid groups (broad SMARTS) is 1. The van der Waals surface area contributed by atoms with Gasteiger partial charge in [0.05, 0.1) is 22.7 Å². The molecule has 1 aliphatic carbocycles. The van der Waals surface area contributed by atoms with E-state index < -0.39 is 48.1 Å². The Morgan fingerprint density at radius 2 is 1.95 bits per heavy atom. The van der Waals surface area contributed by atoms with Crippen molar-refractivity contribution < 1.29 is 37.7 Å². The minimum atomic E-state index is -3.07. The van der Waals surface area contributed by atoms with E-state index in [0.717, 1.165) is 10.5 Å². The standard InChI is InChI=1S/C27H29ClF2N4O6/c1-26(18-9-6-10-19(22(18)28)31-25(38)40-15-16-7-4-3-5-8-16)14-21(35)34(23(33-26)32-24(36)37)17-11-12-27(29,30)20(13-17)39-2/h3-10,17,20H,11-15H2,1-2H3,(H,31,38)(H,32,33)(H,36,37)/t17?,20?,26-/m0/s1. The van der Waals surface area contributed by atoms with Crippen molar-refractivity contribution in [1.82, 2.24) is 10.2 Å². The predicted molar refractivity (Wildman–Crippen MR) is 142 cm³/mol. The fraction of sp³-hybridized carbons (Fsp3) is 0.407. The Morgan fingerprint density at radius 3 is 2.62 bits per heavy atom. The lowest BCUT2D eigenvalue weighted by Gasteiger charge is -2.47. The van der Waals surface area contributed by atoms with Gasteiger partial charge in [0.1, 0.15) is 12.7 Å². The first-order valence-corrected chi connectivity index (χ1v) is 12.9. The smallest absolute Gasteiger partial charge is 0.434 e. The lowest BCUT2D eigenvalue weighted by Crippen LogP contribution is -2.64. The summed E-state index contributed by atoms with van der Waals surface area (Å²) in [6.07, 6.45) is -4.75. The van der Waals surface area contributed by atoms with E-state index in [-0.39, 0.29) is 42.5 Å². The van der Waals surface area contributed by atoms with Crippen molar-refractivity contribution in [2.45, 2.75) is 62.8 Å². The molecule has 1 heterocycles. The maximum absolute atomic E-state index is 14.2. The molecule has 214 valence electrons. The van der Waals surface area contributed by atoms with Gasteiger partial charge in [-0.3, -0.25) is 15.0 Å². The Morgan fingerprint density at radius 1 is 1.23 bits per heavy atom. The fourth-order valence-electron chi connectivity index (χ4n) is 5.05. The van der Waals surface area contributed by atoms with Crippen molar-refractivity contribution >= 4 is 41.3 Å². The fourth-order valence-corrected chi connectivity index (χ4v) is 5.43. The first-order valence-electron chi connectivity index (χ1n) is 12.5. The Bertz CT molecular complexity index is 1310. The first-order chi connectivity index (χ1) is 18.9. The van der Waals surface area contributed by atoms with Crippen LogP contribution in [0.2, 0.25) is 5.02 Å². The van der Waals surface area contributed by atoms with Crippen LogP contribution in [-0.4, -0.2) is 59.2 Å². The van der Waals surface area contributed by atoms with Gasteiger partial charge in [-0.2, -0.15) is 0 Å². The van der Waals surface area contributed by atoms with E-state index in [2.05, 4.69) is 15.6 Å². The molecule has 0 bridgehead atoms. The van der Waals surface area contributed by atoms with Gasteiger partial charge in [-0.15, -0.1) is 4.99 Å². The molecule has 2 unspecified atom stereocenters. The SMILES string of the molecule is COC1CC(N2C(=O)C[C@@](C)(c3cccc(NC(=O)OCc4ccccc4)c3Cl)N/C2=N\C(=O)O)CCC1(F)F. The normalized spacial score (nSPS) is 25.3. The molecular formula is C27H29ClF2N4O6.